The highest BCUT2D eigenvalue weighted by Crippen LogP contribution is 2.21. The van der Waals surface area contributed by atoms with E-state index in [0.717, 1.165) is 11.6 Å². The Morgan fingerprint density at radius 3 is 2.67 bits per heavy atom. The molecule has 0 bridgehead atoms. The lowest BCUT2D eigenvalue weighted by atomic mass is 10.2. The van der Waals surface area contributed by atoms with Crippen LogP contribution in [0, 0.1) is 0 Å². The van der Waals surface area contributed by atoms with E-state index in [-0.39, 0.29) is 6.04 Å². The highest BCUT2D eigenvalue weighted by atomic mass is 16.3. The Kier molecular flexibility index (Phi) is 2.64. The van der Waals surface area contributed by atoms with Crippen LogP contribution in [-0.4, -0.2) is 14.2 Å². The van der Waals surface area contributed by atoms with Crippen molar-refractivity contribution < 1.29 is 4.42 Å². The second kappa shape index (κ2) is 4.44. The third kappa shape index (κ3) is 1.90. The van der Waals surface area contributed by atoms with Crippen LogP contribution in [0.15, 0.2) is 59.7 Å². The molecule has 0 aliphatic rings. The van der Waals surface area contributed by atoms with Crippen LogP contribution in [0.25, 0.3) is 0 Å². The summed E-state index contributed by atoms with van der Waals surface area (Å²) in [7, 11) is 1.97. The lowest BCUT2D eigenvalue weighted by Crippen LogP contribution is -2.23. The zero-order valence-corrected chi connectivity index (χ0v) is 10.0. The summed E-state index contributed by atoms with van der Waals surface area (Å²) in [6.45, 7) is 0. The van der Waals surface area contributed by atoms with Crippen LogP contribution in [0.5, 0.6) is 0 Å². The average molecular weight is 242 g/mol. The second-order valence-corrected chi connectivity index (χ2v) is 4.06. The molecule has 5 nitrogen and oxygen atoms in total. The standard InChI is InChI=1S/C13H14N4O/c1-16-9-6-14-13(16)12(11-5-4-10-18-11)15-17-7-2-3-8-17/h2-10,12,15H,1H3. The first-order chi connectivity index (χ1) is 8.84. The predicted molar refractivity (Wildman–Crippen MR) is 67.6 cm³/mol. The molecule has 3 heterocycles. The Hall–Kier alpha value is -2.43. The molecule has 0 radical (unpaired) electrons. The summed E-state index contributed by atoms with van der Waals surface area (Å²) < 4.78 is 9.36. The summed E-state index contributed by atoms with van der Waals surface area (Å²) in [5, 5.41) is 0. The minimum absolute atomic E-state index is 0.118. The molecule has 0 aromatic carbocycles. The number of aromatic nitrogens is 3. The molecular formula is C13H14N4O. The van der Waals surface area contributed by atoms with Gasteiger partial charge in [-0.15, -0.1) is 0 Å². The van der Waals surface area contributed by atoms with Gasteiger partial charge >= 0.3 is 0 Å². The van der Waals surface area contributed by atoms with Gasteiger partial charge in [0.1, 0.15) is 11.6 Å². The van der Waals surface area contributed by atoms with E-state index in [1.54, 1.807) is 12.5 Å². The lowest BCUT2D eigenvalue weighted by molar-refractivity contribution is 0.475. The van der Waals surface area contributed by atoms with Gasteiger partial charge in [-0.1, -0.05) is 0 Å². The Bertz CT molecular complexity index is 595. The maximum absolute atomic E-state index is 5.49. The van der Waals surface area contributed by atoms with Gasteiger partial charge in [0.2, 0.25) is 0 Å². The monoisotopic (exact) mass is 242 g/mol. The summed E-state index contributed by atoms with van der Waals surface area (Å²) in [6.07, 6.45) is 9.26. The van der Waals surface area contributed by atoms with E-state index in [9.17, 15) is 0 Å². The number of furan rings is 1. The van der Waals surface area contributed by atoms with Crippen LogP contribution < -0.4 is 5.43 Å². The number of nitrogens with zero attached hydrogens (tertiary/aromatic N) is 3. The largest absolute Gasteiger partial charge is 0.467 e. The Morgan fingerprint density at radius 2 is 2.06 bits per heavy atom. The molecule has 3 aromatic rings. The molecule has 92 valence electrons. The van der Waals surface area contributed by atoms with E-state index in [4.69, 9.17) is 4.42 Å². The molecule has 1 unspecified atom stereocenters. The van der Waals surface area contributed by atoms with Crippen molar-refractivity contribution in [1.82, 2.24) is 14.2 Å². The fourth-order valence-electron chi connectivity index (χ4n) is 1.93. The Morgan fingerprint density at radius 1 is 1.22 bits per heavy atom. The fourth-order valence-corrected chi connectivity index (χ4v) is 1.93. The maximum Gasteiger partial charge on any atom is 0.158 e. The van der Waals surface area contributed by atoms with Gasteiger partial charge in [0.15, 0.2) is 6.04 Å². The molecule has 1 atom stereocenters. The lowest BCUT2D eigenvalue weighted by Gasteiger charge is -2.18. The van der Waals surface area contributed by atoms with Crippen LogP contribution >= 0.6 is 0 Å². The first-order valence-electron chi connectivity index (χ1n) is 5.75. The molecule has 18 heavy (non-hydrogen) atoms. The number of imidazole rings is 1. The van der Waals surface area contributed by atoms with Gasteiger partial charge < -0.3 is 14.4 Å². The summed E-state index contributed by atoms with van der Waals surface area (Å²) in [4.78, 5) is 4.38. The summed E-state index contributed by atoms with van der Waals surface area (Å²) in [6, 6.07) is 7.63. The number of hydrogen-bond donors (Lipinski definition) is 1. The molecule has 0 aliphatic carbocycles. The van der Waals surface area contributed by atoms with Gasteiger partial charge in [-0.3, -0.25) is 4.68 Å². The molecule has 0 saturated carbocycles. The van der Waals surface area contributed by atoms with Gasteiger partial charge in [0.05, 0.1) is 6.26 Å². The van der Waals surface area contributed by atoms with Crippen molar-refractivity contribution in [2.75, 3.05) is 5.43 Å². The van der Waals surface area contributed by atoms with E-state index in [1.165, 1.54) is 0 Å². The first kappa shape index (κ1) is 10.7. The zero-order valence-electron chi connectivity index (χ0n) is 10.0. The summed E-state index contributed by atoms with van der Waals surface area (Å²) >= 11 is 0. The number of hydrogen-bond acceptors (Lipinski definition) is 3. The molecule has 0 amide bonds. The van der Waals surface area contributed by atoms with Gasteiger partial charge in [-0.2, -0.15) is 0 Å². The van der Waals surface area contributed by atoms with Crippen molar-refractivity contribution in [2.24, 2.45) is 7.05 Å². The maximum atomic E-state index is 5.49. The second-order valence-electron chi connectivity index (χ2n) is 4.06. The van der Waals surface area contributed by atoms with E-state index < -0.39 is 0 Å². The van der Waals surface area contributed by atoms with Crippen molar-refractivity contribution in [2.45, 2.75) is 6.04 Å². The van der Waals surface area contributed by atoms with Gasteiger partial charge in [0.25, 0.3) is 0 Å². The van der Waals surface area contributed by atoms with Gasteiger partial charge in [-0.25, -0.2) is 4.98 Å². The fraction of sp³-hybridized carbons (Fsp3) is 0.154. The minimum atomic E-state index is -0.118. The normalized spacial score (nSPS) is 12.5. The van der Waals surface area contributed by atoms with Crippen LogP contribution in [0.4, 0.5) is 0 Å². The molecule has 5 heteroatoms. The van der Waals surface area contributed by atoms with E-state index >= 15 is 0 Å². The highest BCUT2D eigenvalue weighted by Gasteiger charge is 2.20. The Labute approximate surface area is 105 Å². The van der Waals surface area contributed by atoms with Crippen molar-refractivity contribution >= 4 is 0 Å². The van der Waals surface area contributed by atoms with Crippen LogP contribution in [0.2, 0.25) is 0 Å². The number of aryl methyl sites for hydroxylation is 1. The van der Waals surface area contributed by atoms with Crippen LogP contribution in [0.3, 0.4) is 0 Å². The molecule has 1 N–H and O–H groups in total. The Balaban J connectivity index is 1.97. The molecule has 0 spiro atoms. The third-order valence-electron chi connectivity index (χ3n) is 2.83. The van der Waals surface area contributed by atoms with Gasteiger partial charge in [-0.05, 0) is 24.3 Å². The molecule has 3 aromatic heterocycles. The SMILES string of the molecule is Cn1ccnc1C(Nn1cccc1)c1ccco1. The predicted octanol–water partition coefficient (Wildman–Crippen LogP) is 2.15. The molecule has 0 aliphatic heterocycles. The van der Waals surface area contributed by atoms with E-state index in [0.29, 0.717) is 0 Å². The molecular weight excluding hydrogens is 228 g/mol. The van der Waals surface area contributed by atoms with E-state index in [2.05, 4.69) is 10.4 Å². The smallest absolute Gasteiger partial charge is 0.158 e. The number of nitrogens with one attached hydrogen (secondary N) is 1. The summed E-state index contributed by atoms with van der Waals surface area (Å²) in [5.74, 6) is 1.73. The van der Waals surface area contributed by atoms with Crippen molar-refractivity contribution in [3.63, 3.8) is 0 Å². The number of rotatable bonds is 4. The van der Waals surface area contributed by atoms with Crippen LogP contribution in [0.1, 0.15) is 17.6 Å². The van der Waals surface area contributed by atoms with Crippen molar-refractivity contribution in [1.29, 1.82) is 0 Å². The summed E-state index contributed by atoms with van der Waals surface area (Å²) in [5.41, 5.74) is 3.34. The third-order valence-corrected chi connectivity index (χ3v) is 2.83. The van der Waals surface area contributed by atoms with E-state index in [1.807, 2.05) is 59.1 Å². The molecule has 3 rings (SSSR count). The molecule has 0 fully saturated rings. The quantitative estimate of drug-likeness (QED) is 0.762. The van der Waals surface area contributed by atoms with Crippen molar-refractivity contribution in [3.8, 4) is 0 Å². The first-order valence-corrected chi connectivity index (χ1v) is 5.75. The average Bonchev–Trinajstić information content (AvgIpc) is 3.09. The zero-order chi connectivity index (χ0) is 12.4. The molecule has 0 saturated heterocycles. The topological polar surface area (TPSA) is 47.9 Å². The minimum Gasteiger partial charge on any atom is -0.467 e. The van der Waals surface area contributed by atoms with Crippen molar-refractivity contribution in [3.05, 3.63) is 66.9 Å². The van der Waals surface area contributed by atoms with Gasteiger partial charge in [0, 0.05) is 31.8 Å². The highest BCUT2D eigenvalue weighted by molar-refractivity contribution is 5.20. The van der Waals surface area contributed by atoms with Crippen LogP contribution in [-0.2, 0) is 7.05 Å².